The smallest absolute Gasteiger partial charge is 0.361 e. The maximum absolute atomic E-state index is 13.0. The van der Waals surface area contributed by atoms with Gasteiger partial charge in [0.25, 0.3) is 6.29 Å². The number of esters is 2. The van der Waals surface area contributed by atoms with Gasteiger partial charge >= 0.3 is 17.9 Å². The van der Waals surface area contributed by atoms with E-state index in [0.29, 0.717) is 17.4 Å². The first-order valence-electron chi connectivity index (χ1n) is 37.8. The number of hydrogen-bond acceptors (Lipinski definition) is 7. The molecule has 87 heavy (non-hydrogen) atoms. The SMILES string of the molecule is CC/C=C\C/C=C\C/C=C\C/C=C\CCCCCCCCCCCCCCCCCCCCC(=O)OC(COC(=O)CCCCCCCCCCCCCCCCCCCCCCCCCCCCCCCCC)COC(OCC[N+](C)(C)C)C(=O)O. The number of nitrogens with zero attached hydrogens (tertiary/aromatic N) is 1. The molecule has 0 aliphatic carbocycles. The number of aliphatic carboxylic acids is 1. The first-order chi connectivity index (χ1) is 42.6. The molecule has 9 nitrogen and oxygen atoms in total. The van der Waals surface area contributed by atoms with Gasteiger partial charge in [-0.2, -0.15) is 0 Å². The van der Waals surface area contributed by atoms with Crippen LogP contribution in [0, 0.1) is 0 Å². The maximum Gasteiger partial charge on any atom is 0.361 e. The van der Waals surface area contributed by atoms with Crippen LogP contribution in [0.4, 0.5) is 0 Å². The summed E-state index contributed by atoms with van der Waals surface area (Å²) in [6.45, 7) is 4.84. The Kier molecular flexibility index (Phi) is 67.0. The number of hydrogen-bond donors (Lipinski definition) is 1. The van der Waals surface area contributed by atoms with Crippen LogP contribution in [-0.4, -0.2) is 87.4 Å². The van der Waals surface area contributed by atoms with Crippen LogP contribution in [0.2, 0.25) is 0 Å². The molecule has 0 rings (SSSR count). The van der Waals surface area contributed by atoms with Crippen LogP contribution in [0.5, 0.6) is 0 Å². The van der Waals surface area contributed by atoms with Crippen molar-refractivity contribution in [1.29, 1.82) is 0 Å². The Morgan fingerprint density at radius 3 is 0.977 bits per heavy atom. The molecule has 0 aromatic carbocycles. The zero-order valence-electron chi connectivity index (χ0n) is 58.5. The summed E-state index contributed by atoms with van der Waals surface area (Å²) in [7, 11) is 5.99. The van der Waals surface area contributed by atoms with Gasteiger partial charge in [0.2, 0.25) is 0 Å². The van der Waals surface area contributed by atoms with Gasteiger partial charge in [-0.15, -0.1) is 0 Å². The molecule has 0 aliphatic rings. The van der Waals surface area contributed by atoms with Gasteiger partial charge in [-0.25, -0.2) is 4.79 Å². The Balaban J connectivity index is 4.01. The Labute approximate surface area is 540 Å². The molecular formula is C78H146NO8+. The predicted octanol–water partition coefficient (Wildman–Crippen LogP) is 23.7. The fourth-order valence-electron chi connectivity index (χ4n) is 11.4. The van der Waals surface area contributed by atoms with Crippen LogP contribution in [0.3, 0.4) is 0 Å². The minimum atomic E-state index is -1.51. The number of ether oxygens (including phenoxy) is 4. The summed E-state index contributed by atoms with van der Waals surface area (Å²) in [5.41, 5.74) is 0. The number of quaternary nitrogens is 1. The summed E-state index contributed by atoms with van der Waals surface area (Å²) in [6.07, 6.45) is 86.8. The molecule has 0 saturated heterocycles. The molecule has 2 unspecified atom stereocenters. The minimum absolute atomic E-state index is 0.176. The highest BCUT2D eigenvalue weighted by molar-refractivity contribution is 5.71. The highest BCUT2D eigenvalue weighted by atomic mass is 16.7. The molecule has 0 heterocycles. The topological polar surface area (TPSA) is 108 Å². The number of rotatable bonds is 71. The van der Waals surface area contributed by atoms with Crippen molar-refractivity contribution in [3.63, 3.8) is 0 Å². The van der Waals surface area contributed by atoms with E-state index in [1.807, 2.05) is 21.1 Å². The highest BCUT2D eigenvalue weighted by Gasteiger charge is 2.25. The summed E-state index contributed by atoms with van der Waals surface area (Å²) >= 11 is 0. The highest BCUT2D eigenvalue weighted by Crippen LogP contribution is 2.19. The second kappa shape index (κ2) is 69.1. The second-order valence-corrected chi connectivity index (χ2v) is 26.9. The average molecular weight is 1230 g/mol. The molecule has 0 saturated carbocycles. The number of carboxylic acids is 1. The van der Waals surface area contributed by atoms with Gasteiger partial charge in [-0.05, 0) is 51.4 Å². The summed E-state index contributed by atoms with van der Waals surface area (Å²) in [5, 5.41) is 9.76. The Morgan fingerprint density at radius 1 is 0.356 bits per heavy atom. The molecule has 0 aromatic heterocycles. The number of likely N-dealkylation sites (N-methyl/N-ethyl adjacent to an activating group) is 1. The number of carbonyl (C=O) groups is 3. The van der Waals surface area contributed by atoms with Crippen LogP contribution in [0.1, 0.15) is 373 Å². The van der Waals surface area contributed by atoms with Gasteiger partial charge < -0.3 is 28.5 Å². The van der Waals surface area contributed by atoms with E-state index in [0.717, 1.165) is 64.2 Å². The Morgan fingerprint density at radius 2 is 0.655 bits per heavy atom. The third-order valence-electron chi connectivity index (χ3n) is 17.1. The van der Waals surface area contributed by atoms with Crippen molar-refractivity contribution < 1.29 is 42.9 Å². The van der Waals surface area contributed by atoms with Crippen molar-refractivity contribution in [1.82, 2.24) is 0 Å². The number of carbonyl (C=O) groups excluding carboxylic acids is 2. The van der Waals surface area contributed by atoms with E-state index < -0.39 is 18.4 Å². The summed E-state index contributed by atoms with van der Waals surface area (Å²) in [6, 6.07) is 0. The molecule has 0 spiro atoms. The molecule has 0 radical (unpaired) electrons. The third-order valence-corrected chi connectivity index (χ3v) is 17.1. The second-order valence-electron chi connectivity index (χ2n) is 26.9. The van der Waals surface area contributed by atoms with Gasteiger partial charge in [-0.1, -0.05) is 358 Å². The molecule has 0 amide bonds. The fourth-order valence-corrected chi connectivity index (χ4v) is 11.4. The van der Waals surface area contributed by atoms with E-state index >= 15 is 0 Å². The number of carboxylic acid groups (broad SMARTS) is 1. The first kappa shape index (κ1) is 84.2. The van der Waals surface area contributed by atoms with Gasteiger partial charge in [0, 0.05) is 12.8 Å². The Bertz CT molecular complexity index is 1570. The molecular weight excluding hydrogens is 1080 g/mol. The average Bonchev–Trinajstić information content (AvgIpc) is 3.56. The fraction of sp³-hybridized carbons (Fsp3) is 0.859. The van der Waals surface area contributed by atoms with E-state index in [-0.39, 0.29) is 38.2 Å². The molecule has 2 atom stereocenters. The molecule has 0 fully saturated rings. The lowest BCUT2D eigenvalue weighted by Gasteiger charge is -2.25. The van der Waals surface area contributed by atoms with Gasteiger partial charge in [-0.3, -0.25) is 9.59 Å². The van der Waals surface area contributed by atoms with Gasteiger partial charge in [0.1, 0.15) is 13.2 Å². The van der Waals surface area contributed by atoms with Crippen LogP contribution in [-0.2, 0) is 33.3 Å². The van der Waals surface area contributed by atoms with E-state index in [1.165, 1.54) is 283 Å². The molecule has 9 heteroatoms. The number of unbranched alkanes of at least 4 members (excludes halogenated alkanes) is 48. The van der Waals surface area contributed by atoms with Gasteiger partial charge in [0.05, 0.1) is 34.4 Å². The summed E-state index contributed by atoms with van der Waals surface area (Å²) < 4.78 is 23.0. The molecule has 0 bridgehead atoms. The predicted molar refractivity (Wildman–Crippen MR) is 374 cm³/mol. The van der Waals surface area contributed by atoms with E-state index in [2.05, 4.69) is 62.5 Å². The quantitative estimate of drug-likeness (QED) is 0.0211. The number of allylic oxidation sites excluding steroid dienone is 8. The van der Waals surface area contributed by atoms with E-state index in [1.54, 1.807) is 0 Å². The van der Waals surface area contributed by atoms with Crippen LogP contribution in [0.15, 0.2) is 48.6 Å². The van der Waals surface area contributed by atoms with Crippen molar-refractivity contribution in [3.05, 3.63) is 48.6 Å². The zero-order valence-corrected chi connectivity index (χ0v) is 58.5. The van der Waals surface area contributed by atoms with Gasteiger partial charge in [0.15, 0.2) is 6.10 Å². The molecule has 1 N–H and O–H groups in total. The van der Waals surface area contributed by atoms with Crippen molar-refractivity contribution in [2.45, 2.75) is 386 Å². The standard InChI is InChI=1S/C78H145NO8/c1-6-8-10-12-14-16-18-20-22-24-26-28-30-32-34-36-38-40-42-44-46-48-50-52-54-56-58-60-62-64-66-68-75(80)85-72-74(73-86-78(77(82)83)84-71-70-79(3,4)5)87-76(81)69-67-65-63-61-59-57-55-53-51-49-47-45-43-41-39-37-35-33-31-29-27-25-23-21-19-17-15-13-11-9-7-2/h9,11,15,17,21,23,27,29,74,78H,6-8,10,12-14,16,18-20,22,24-26,28,30-73H2,1-5H3/p+1/b11-9-,17-15-,23-21-,29-27-. The lowest BCUT2D eigenvalue weighted by Crippen LogP contribution is -2.40. The van der Waals surface area contributed by atoms with Crippen molar-refractivity contribution in [3.8, 4) is 0 Å². The molecule has 510 valence electrons. The third kappa shape index (κ3) is 70.6. The summed E-state index contributed by atoms with van der Waals surface area (Å²) in [4.78, 5) is 37.7. The largest absolute Gasteiger partial charge is 0.477 e. The Hall–Kier alpha value is -2.75. The summed E-state index contributed by atoms with van der Waals surface area (Å²) in [5.74, 6) is -1.97. The van der Waals surface area contributed by atoms with Crippen molar-refractivity contribution >= 4 is 17.9 Å². The lowest BCUT2D eigenvalue weighted by molar-refractivity contribution is -0.870. The van der Waals surface area contributed by atoms with Crippen LogP contribution >= 0.6 is 0 Å². The minimum Gasteiger partial charge on any atom is -0.477 e. The van der Waals surface area contributed by atoms with Crippen LogP contribution < -0.4 is 0 Å². The molecule has 0 aliphatic heterocycles. The van der Waals surface area contributed by atoms with Crippen molar-refractivity contribution in [2.75, 3.05) is 47.5 Å². The molecule has 0 aromatic rings. The van der Waals surface area contributed by atoms with E-state index in [4.69, 9.17) is 18.9 Å². The zero-order chi connectivity index (χ0) is 63.3. The van der Waals surface area contributed by atoms with E-state index in [9.17, 15) is 19.5 Å². The van der Waals surface area contributed by atoms with Crippen LogP contribution in [0.25, 0.3) is 0 Å². The monoisotopic (exact) mass is 1230 g/mol. The first-order valence-corrected chi connectivity index (χ1v) is 37.8. The maximum atomic E-state index is 13.0. The van der Waals surface area contributed by atoms with Crippen molar-refractivity contribution in [2.24, 2.45) is 0 Å². The lowest BCUT2D eigenvalue weighted by atomic mass is 10.0. The normalized spacial score (nSPS) is 12.9.